The number of nitrogens with zero attached hydrogens (tertiary/aromatic N) is 5. The number of rotatable bonds is 4. The fraction of sp³-hybridized carbons (Fsp3) is 0. The van der Waals surface area contributed by atoms with Crippen LogP contribution in [-0.4, -0.2) is 24.1 Å². The van der Waals surface area contributed by atoms with E-state index in [0.29, 0.717) is 17.6 Å². The van der Waals surface area contributed by atoms with Crippen molar-refractivity contribution in [3.63, 3.8) is 0 Å². The van der Waals surface area contributed by atoms with Crippen molar-refractivity contribution in [2.75, 3.05) is 0 Å². The number of aromatic nitrogens is 5. The van der Waals surface area contributed by atoms with E-state index in [1.807, 2.05) is 11.8 Å². The zero-order chi connectivity index (χ0) is 36.0. The summed E-state index contributed by atoms with van der Waals surface area (Å²) in [5.74, 6) is 1.83. The lowest BCUT2D eigenvalue weighted by Crippen LogP contribution is -2.10. The quantitative estimate of drug-likeness (QED) is 0.182. The molecule has 0 spiro atoms. The molecule has 0 N–H and O–H groups in total. The highest BCUT2D eigenvalue weighted by molar-refractivity contribution is 7.99. The second-order valence-electron chi connectivity index (χ2n) is 14.1. The topological polar surface area (TPSA) is 48.5 Å². The molecule has 1 aliphatic rings. The molecule has 0 saturated carbocycles. The van der Waals surface area contributed by atoms with Crippen molar-refractivity contribution in [1.82, 2.24) is 24.1 Å². The summed E-state index contributed by atoms with van der Waals surface area (Å²) in [6.45, 7) is 0. The minimum atomic E-state index is 0.579. The molecule has 256 valence electrons. The molecule has 0 atom stereocenters. The molecule has 3 aromatic heterocycles. The van der Waals surface area contributed by atoms with Crippen molar-refractivity contribution >= 4 is 66.1 Å². The van der Waals surface area contributed by atoms with E-state index in [0.717, 1.165) is 44.1 Å². The zero-order valence-corrected chi connectivity index (χ0v) is 30.2. The second kappa shape index (κ2) is 11.7. The first kappa shape index (κ1) is 30.4. The minimum absolute atomic E-state index is 0.579. The van der Waals surface area contributed by atoms with Gasteiger partial charge < -0.3 is 0 Å². The van der Waals surface area contributed by atoms with Gasteiger partial charge in [0.1, 0.15) is 5.65 Å². The molecule has 55 heavy (non-hydrogen) atoms. The van der Waals surface area contributed by atoms with Gasteiger partial charge in [0.2, 0.25) is 5.95 Å². The van der Waals surface area contributed by atoms with Crippen LogP contribution in [0.2, 0.25) is 0 Å². The van der Waals surface area contributed by atoms with Crippen molar-refractivity contribution in [1.29, 1.82) is 0 Å². The van der Waals surface area contributed by atoms with Crippen molar-refractivity contribution in [3.8, 4) is 45.5 Å². The summed E-state index contributed by atoms with van der Waals surface area (Å²) in [7, 11) is 0. The van der Waals surface area contributed by atoms with Gasteiger partial charge in [0.15, 0.2) is 11.6 Å². The van der Waals surface area contributed by atoms with E-state index in [2.05, 4.69) is 185 Å². The van der Waals surface area contributed by atoms with Crippen LogP contribution in [0.1, 0.15) is 0 Å². The van der Waals surface area contributed by atoms with Crippen LogP contribution in [0.15, 0.2) is 186 Å². The number of fused-ring (bicyclic) bond motifs is 9. The SMILES string of the molecule is c1ccc(-c2ccc3cc(-c4nc(-c5ccc6ccccc6c5)nc(-n5c6ccccc6c6c7cccc8c7n(c65)-c5ccccc5S8)n4)ccc3c2)cc1. The van der Waals surface area contributed by atoms with Gasteiger partial charge in [0.25, 0.3) is 0 Å². The Morgan fingerprint density at radius 2 is 1.00 bits per heavy atom. The Bertz CT molecular complexity index is 3360. The van der Waals surface area contributed by atoms with Crippen LogP contribution in [0.25, 0.3) is 99.9 Å². The molecule has 0 unspecified atom stereocenters. The normalized spacial score (nSPS) is 12.3. The van der Waals surface area contributed by atoms with Crippen LogP contribution >= 0.6 is 11.8 Å². The predicted molar refractivity (Wildman–Crippen MR) is 226 cm³/mol. The Hall–Kier alpha value is -7.02. The number of para-hydroxylation sites is 3. The Kier molecular flexibility index (Phi) is 6.50. The fourth-order valence-electron chi connectivity index (χ4n) is 8.38. The van der Waals surface area contributed by atoms with Gasteiger partial charge in [-0.1, -0.05) is 145 Å². The van der Waals surface area contributed by atoms with Crippen LogP contribution in [0.4, 0.5) is 0 Å². The minimum Gasteiger partial charge on any atom is -0.293 e. The largest absolute Gasteiger partial charge is 0.293 e. The highest BCUT2D eigenvalue weighted by Crippen LogP contribution is 2.49. The molecule has 0 bridgehead atoms. The summed E-state index contributed by atoms with van der Waals surface area (Å²) in [5.41, 5.74) is 8.73. The molecule has 0 fully saturated rings. The van der Waals surface area contributed by atoms with Gasteiger partial charge >= 0.3 is 0 Å². The maximum absolute atomic E-state index is 5.37. The Morgan fingerprint density at radius 1 is 0.400 bits per heavy atom. The molecule has 6 heteroatoms. The standard InChI is InChI=1S/C49H29N5S/c1-2-11-30(12-3-1)33-22-23-35-29-37(26-24-34(35)27-33)47-50-46(36-25-21-31-13-4-5-14-32(31)28-36)51-49(52-47)54-40-17-7-6-15-38(40)44-39-16-10-20-43-45(39)53(48(44)54)41-18-8-9-19-42(41)55-43/h1-29H. The maximum atomic E-state index is 5.37. The third-order valence-corrected chi connectivity index (χ3v) is 12.0. The highest BCUT2D eigenvalue weighted by Gasteiger charge is 2.29. The Balaban J connectivity index is 1.14. The first-order valence-electron chi connectivity index (χ1n) is 18.4. The van der Waals surface area contributed by atoms with E-state index >= 15 is 0 Å². The molecule has 4 heterocycles. The van der Waals surface area contributed by atoms with E-state index < -0.39 is 0 Å². The molecular formula is C49H29N5S. The molecular weight excluding hydrogens is 691 g/mol. The van der Waals surface area contributed by atoms with Gasteiger partial charge in [0.05, 0.1) is 16.7 Å². The number of benzene rings is 8. The summed E-state index contributed by atoms with van der Waals surface area (Å²) in [6.07, 6.45) is 0. The third-order valence-electron chi connectivity index (χ3n) is 10.9. The van der Waals surface area contributed by atoms with Crippen LogP contribution in [0, 0.1) is 0 Å². The Labute approximate surface area is 320 Å². The lowest BCUT2D eigenvalue weighted by atomic mass is 10.00. The zero-order valence-electron chi connectivity index (χ0n) is 29.4. The molecule has 1 aliphatic heterocycles. The molecule has 8 aromatic carbocycles. The van der Waals surface area contributed by atoms with Crippen LogP contribution in [0.3, 0.4) is 0 Å². The summed E-state index contributed by atoms with van der Waals surface area (Å²) < 4.78 is 4.68. The smallest absolute Gasteiger partial charge is 0.239 e. The molecule has 0 saturated heterocycles. The molecule has 11 aromatic rings. The summed E-state index contributed by atoms with van der Waals surface area (Å²) in [6, 6.07) is 62.5. The van der Waals surface area contributed by atoms with Crippen molar-refractivity contribution in [2.45, 2.75) is 9.79 Å². The summed E-state index contributed by atoms with van der Waals surface area (Å²) >= 11 is 1.83. The Morgan fingerprint density at radius 3 is 1.82 bits per heavy atom. The number of hydrogen-bond donors (Lipinski definition) is 0. The van der Waals surface area contributed by atoms with Crippen LogP contribution in [0.5, 0.6) is 0 Å². The molecule has 12 rings (SSSR count). The van der Waals surface area contributed by atoms with Gasteiger partial charge in [0, 0.05) is 37.1 Å². The van der Waals surface area contributed by atoms with E-state index in [1.54, 1.807) is 0 Å². The van der Waals surface area contributed by atoms with Gasteiger partial charge in [-0.2, -0.15) is 9.97 Å². The third kappa shape index (κ3) is 4.65. The highest BCUT2D eigenvalue weighted by atomic mass is 32.2. The first-order valence-corrected chi connectivity index (χ1v) is 19.3. The van der Waals surface area contributed by atoms with Gasteiger partial charge in [-0.3, -0.25) is 9.13 Å². The summed E-state index contributed by atoms with van der Waals surface area (Å²) in [4.78, 5) is 18.4. The number of hydrogen-bond acceptors (Lipinski definition) is 4. The van der Waals surface area contributed by atoms with Crippen molar-refractivity contribution in [3.05, 3.63) is 176 Å². The van der Waals surface area contributed by atoms with E-state index in [9.17, 15) is 0 Å². The first-order chi connectivity index (χ1) is 27.2. The molecule has 0 amide bonds. The lowest BCUT2D eigenvalue weighted by molar-refractivity contribution is 0.927. The van der Waals surface area contributed by atoms with E-state index in [4.69, 9.17) is 15.0 Å². The average molecular weight is 720 g/mol. The fourth-order valence-corrected chi connectivity index (χ4v) is 9.47. The maximum Gasteiger partial charge on any atom is 0.239 e. The lowest BCUT2D eigenvalue weighted by Gasteiger charge is -2.20. The monoisotopic (exact) mass is 719 g/mol. The van der Waals surface area contributed by atoms with E-state index in [-0.39, 0.29) is 0 Å². The second-order valence-corrected chi connectivity index (χ2v) is 15.2. The van der Waals surface area contributed by atoms with Crippen LogP contribution < -0.4 is 0 Å². The van der Waals surface area contributed by atoms with Gasteiger partial charge in [-0.05, 0) is 75.1 Å². The average Bonchev–Trinajstić information content (AvgIpc) is 3.77. The predicted octanol–water partition coefficient (Wildman–Crippen LogP) is 12.7. The molecule has 0 aliphatic carbocycles. The van der Waals surface area contributed by atoms with E-state index in [1.165, 1.54) is 48.0 Å². The summed E-state index contributed by atoms with van der Waals surface area (Å²) in [5, 5.41) is 8.19. The molecule has 5 nitrogen and oxygen atoms in total. The van der Waals surface area contributed by atoms with Crippen molar-refractivity contribution < 1.29 is 0 Å². The van der Waals surface area contributed by atoms with Crippen molar-refractivity contribution in [2.24, 2.45) is 0 Å². The molecule has 0 radical (unpaired) electrons. The van der Waals surface area contributed by atoms with Gasteiger partial charge in [-0.25, -0.2) is 4.98 Å². The van der Waals surface area contributed by atoms with Gasteiger partial charge in [-0.15, -0.1) is 0 Å². The van der Waals surface area contributed by atoms with Crippen LogP contribution in [-0.2, 0) is 0 Å².